The second-order valence-corrected chi connectivity index (χ2v) is 11.1. The molecule has 0 bridgehead atoms. The van der Waals surface area contributed by atoms with Crippen LogP contribution in [0.15, 0.2) is 12.4 Å². The van der Waals surface area contributed by atoms with Gasteiger partial charge in [-0.1, -0.05) is 11.6 Å². The molecule has 1 aliphatic carbocycles. The van der Waals surface area contributed by atoms with E-state index >= 15 is 0 Å². The summed E-state index contributed by atoms with van der Waals surface area (Å²) >= 11 is 5.88. The molecule has 0 aromatic carbocycles. The maximum Gasteiger partial charge on any atom is 0.225 e. The zero-order valence-corrected chi connectivity index (χ0v) is 18.6. The summed E-state index contributed by atoms with van der Waals surface area (Å²) in [6, 6.07) is 0. The summed E-state index contributed by atoms with van der Waals surface area (Å²) in [5.74, 6) is 3.24. The van der Waals surface area contributed by atoms with E-state index in [0.717, 1.165) is 62.7 Å². The number of ether oxygens (including phenoxy) is 1. The van der Waals surface area contributed by atoms with E-state index in [1.54, 1.807) is 16.7 Å². The van der Waals surface area contributed by atoms with Crippen molar-refractivity contribution < 1.29 is 13.2 Å². The molecule has 9 heteroatoms. The minimum absolute atomic E-state index is 0.216. The Morgan fingerprint density at radius 2 is 1.76 bits per heavy atom. The summed E-state index contributed by atoms with van der Waals surface area (Å²) in [6.07, 6.45) is 11.3. The van der Waals surface area contributed by atoms with Crippen LogP contribution in [0.4, 0.5) is 5.95 Å². The Bertz CT molecular complexity index is 775. The van der Waals surface area contributed by atoms with Gasteiger partial charge in [0.05, 0.1) is 29.8 Å². The Hall–Kier alpha value is -0.960. The number of hydrogen-bond acceptors (Lipinski definition) is 6. The van der Waals surface area contributed by atoms with Gasteiger partial charge in [0, 0.05) is 32.8 Å². The van der Waals surface area contributed by atoms with Crippen LogP contribution in [-0.4, -0.2) is 67.8 Å². The van der Waals surface area contributed by atoms with Gasteiger partial charge in [-0.2, -0.15) is 0 Å². The molecule has 29 heavy (non-hydrogen) atoms. The first kappa shape index (κ1) is 21.3. The third-order valence-corrected chi connectivity index (χ3v) is 8.22. The summed E-state index contributed by atoms with van der Waals surface area (Å²) < 4.78 is 30.8. The van der Waals surface area contributed by atoms with Gasteiger partial charge in [0.15, 0.2) is 0 Å². The lowest BCUT2D eigenvalue weighted by molar-refractivity contribution is 0.0175. The molecular formula is C20H31ClN4O3S. The Kier molecular flexibility index (Phi) is 6.63. The molecule has 3 heterocycles. The fraction of sp³-hybridized carbons (Fsp3) is 0.800. The lowest BCUT2D eigenvalue weighted by atomic mass is 9.90. The number of piperidine rings is 2. The standard InChI is InChI=1S/C20H31ClN4O3S/c1-29(26,27)25-9-4-18(5-10-25)28-11-6-16-12-19(16)15-2-7-24(8-3-15)20-22-13-17(21)14-23-20/h13-16,18-19H,2-12H2,1H3. The lowest BCUT2D eigenvalue weighted by Gasteiger charge is -2.32. The van der Waals surface area contributed by atoms with Gasteiger partial charge in [-0.3, -0.25) is 0 Å². The second-order valence-electron chi connectivity index (χ2n) is 8.71. The highest BCUT2D eigenvalue weighted by Gasteiger charge is 2.43. The highest BCUT2D eigenvalue weighted by molar-refractivity contribution is 7.88. The summed E-state index contributed by atoms with van der Waals surface area (Å²) in [6.45, 7) is 4.02. The summed E-state index contributed by atoms with van der Waals surface area (Å²) in [7, 11) is -3.06. The Morgan fingerprint density at radius 1 is 1.10 bits per heavy atom. The molecule has 2 aliphatic heterocycles. The van der Waals surface area contributed by atoms with E-state index in [1.807, 2.05) is 0 Å². The predicted octanol–water partition coefficient (Wildman–Crippen LogP) is 2.81. The number of halogens is 1. The SMILES string of the molecule is CS(=O)(=O)N1CCC(OCCC2CC2C2CCN(c3ncc(Cl)cn3)CC2)CC1. The molecule has 7 nitrogen and oxygen atoms in total. The Morgan fingerprint density at radius 3 is 2.38 bits per heavy atom. The second kappa shape index (κ2) is 9.04. The van der Waals surface area contributed by atoms with Crippen LogP contribution in [0.25, 0.3) is 0 Å². The average molecular weight is 443 g/mol. The van der Waals surface area contributed by atoms with Crippen molar-refractivity contribution in [3.8, 4) is 0 Å². The van der Waals surface area contributed by atoms with Crippen molar-refractivity contribution in [1.29, 1.82) is 0 Å². The molecule has 4 rings (SSSR count). The molecule has 1 aromatic heterocycles. The topological polar surface area (TPSA) is 75.6 Å². The van der Waals surface area contributed by atoms with Crippen molar-refractivity contribution >= 4 is 27.6 Å². The molecule has 1 aromatic rings. The average Bonchev–Trinajstić information content (AvgIpc) is 3.48. The van der Waals surface area contributed by atoms with E-state index in [1.165, 1.54) is 25.5 Å². The first-order valence-electron chi connectivity index (χ1n) is 10.7. The number of hydrogen-bond donors (Lipinski definition) is 0. The third-order valence-electron chi connectivity index (χ3n) is 6.72. The van der Waals surface area contributed by atoms with Crippen molar-refractivity contribution in [2.45, 2.75) is 44.6 Å². The normalized spacial score (nSPS) is 27.3. The molecule has 162 valence electrons. The molecule has 0 N–H and O–H groups in total. The first-order valence-corrected chi connectivity index (χ1v) is 12.9. The van der Waals surface area contributed by atoms with Crippen LogP contribution in [0, 0.1) is 17.8 Å². The van der Waals surface area contributed by atoms with E-state index in [2.05, 4.69) is 14.9 Å². The number of sulfonamides is 1. The quantitative estimate of drug-likeness (QED) is 0.646. The highest BCUT2D eigenvalue weighted by atomic mass is 35.5. The number of rotatable bonds is 7. The van der Waals surface area contributed by atoms with Crippen LogP contribution in [0.2, 0.25) is 5.02 Å². The highest BCUT2D eigenvalue weighted by Crippen LogP contribution is 2.49. The largest absolute Gasteiger partial charge is 0.378 e. The maximum atomic E-state index is 11.6. The smallest absolute Gasteiger partial charge is 0.225 e. The number of anilines is 1. The van der Waals surface area contributed by atoms with Gasteiger partial charge in [0.1, 0.15) is 0 Å². The molecule has 2 saturated heterocycles. The lowest BCUT2D eigenvalue weighted by Crippen LogP contribution is -2.40. The van der Waals surface area contributed by atoms with E-state index in [-0.39, 0.29) is 6.10 Å². The molecule has 3 aliphatic rings. The van der Waals surface area contributed by atoms with Crippen LogP contribution in [0.1, 0.15) is 38.5 Å². The minimum Gasteiger partial charge on any atom is -0.378 e. The van der Waals surface area contributed by atoms with Crippen LogP contribution >= 0.6 is 11.6 Å². The number of nitrogens with zero attached hydrogens (tertiary/aromatic N) is 4. The fourth-order valence-corrected chi connectivity index (χ4v) is 5.86. The van der Waals surface area contributed by atoms with Gasteiger partial charge in [-0.05, 0) is 56.3 Å². The van der Waals surface area contributed by atoms with Crippen molar-refractivity contribution in [2.24, 2.45) is 17.8 Å². The van der Waals surface area contributed by atoms with Crippen LogP contribution in [0.3, 0.4) is 0 Å². The van der Waals surface area contributed by atoms with E-state index < -0.39 is 10.0 Å². The molecular weight excluding hydrogens is 412 g/mol. The summed E-state index contributed by atoms with van der Waals surface area (Å²) in [4.78, 5) is 10.9. The Balaban J connectivity index is 1.12. The van der Waals surface area contributed by atoms with Crippen molar-refractivity contribution in [3.63, 3.8) is 0 Å². The number of aromatic nitrogens is 2. The van der Waals surface area contributed by atoms with Crippen molar-refractivity contribution in [2.75, 3.05) is 43.9 Å². The fourth-order valence-electron chi connectivity index (χ4n) is 4.89. The monoisotopic (exact) mass is 442 g/mol. The third kappa shape index (κ3) is 5.60. The maximum absolute atomic E-state index is 11.6. The van der Waals surface area contributed by atoms with Gasteiger partial charge < -0.3 is 9.64 Å². The van der Waals surface area contributed by atoms with Crippen LogP contribution in [-0.2, 0) is 14.8 Å². The summed E-state index contributed by atoms with van der Waals surface area (Å²) in [5, 5.41) is 0.577. The molecule has 0 radical (unpaired) electrons. The van der Waals surface area contributed by atoms with Crippen molar-refractivity contribution in [3.05, 3.63) is 17.4 Å². The molecule has 1 saturated carbocycles. The van der Waals surface area contributed by atoms with E-state index in [4.69, 9.17) is 16.3 Å². The van der Waals surface area contributed by atoms with Gasteiger partial charge >= 0.3 is 0 Å². The van der Waals surface area contributed by atoms with Gasteiger partial charge in [0.25, 0.3) is 0 Å². The molecule has 0 amide bonds. The Labute approximate surface area is 178 Å². The van der Waals surface area contributed by atoms with Gasteiger partial charge in [-0.25, -0.2) is 22.7 Å². The minimum atomic E-state index is -3.06. The first-order chi connectivity index (χ1) is 13.9. The van der Waals surface area contributed by atoms with Crippen molar-refractivity contribution in [1.82, 2.24) is 14.3 Å². The van der Waals surface area contributed by atoms with Gasteiger partial charge in [0.2, 0.25) is 16.0 Å². The van der Waals surface area contributed by atoms with Crippen LogP contribution < -0.4 is 4.90 Å². The molecule has 2 atom stereocenters. The summed E-state index contributed by atoms with van der Waals surface area (Å²) in [5.41, 5.74) is 0. The predicted molar refractivity (Wildman–Crippen MR) is 114 cm³/mol. The molecule has 0 spiro atoms. The van der Waals surface area contributed by atoms with Gasteiger partial charge in [-0.15, -0.1) is 0 Å². The molecule has 3 fully saturated rings. The molecule has 2 unspecified atom stereocenters. The van der Waals surface area contributed by atoms with E-state index in [9.17, 15) is 8.42 Å². The zero-order chi connectivity index (χ0) is 20.4. The van der Waals surface area contributed by atoms with E-state index in [0.29, 0.717) is 18.1 Å². The van der Waals surface area contributed by atoms with Crippen LogP contribution in [0.5, 0.6) is 0 Å². The zero-order valence-electron chi connectivity index (χ0n) is 17.0.